The molecule has 31 heavy (non-hydrogen) atoms. The smallest absolute Gasteiger partial charge is 0.277 e. The molecule has 1 unspecified atom stereocenters. The summed E-state index contributed by atoms with van der Waals surface area (Å²) in [5.74, 6) is -1.22. The van der Waals surface area contributed by atoms with Gasteiger partial charge in [0, 0.05) is 11.5 Å². The third-order valence-corrected chi connectivity index (χ3v) is 6.44. The number of rotatable bonds is 3. The van der Waals surface area contributed by atoms with Crippen molar-refractivity contribution in [3.8, 4) is 0 Å². The summed E-state index contributed by atoms with van der Waals surface area (Å²) in [6.45, 7) is 7.94. The number of hydrogen-bond acceptors (Lipinski definition) is 3. The van der Waals surface area contributed by atoms with Crippen LogP contribution in [0.15, 0.2) is 30.3 Å². The van der Waals surface area contributed by atoms with Gasteiger partial charge < -0.3 is 5.32 Å². The summed E-state index contributed by atoms with van der Waals surface area (Å²) in [6, 6.07) is 7.96. The number of hydrogen-bond donors (Lipinski definition) is 1. The quantitative estimate of drug-likeness (QED) is 0.800. The van der Waals surface area contributed by atoms with Crippen molar-refractivity contribution in [1.29, 1.82) is 0 Å². The zero-order chi connectivity index (χ0) is 22.4. The van der Waals surface area contributed by atoms with E-state index in [1.54, 1.807) is 35.9 Å². The fourth-order valence-corrected chi connectivity index (χ4v) is 4.55. The highest BCUT2D eigenvalue weighted by Crippen LogP contribution is 2.36. The normalized spacial score (nSPS) is 22.4. The first-order chi connectivity index (χ1) is 14.6. The molecule has 2 aliphatic rings. The lowest BCUT2D eigenvalue weighted by atomic mass is 9.90. The van der Waals surface area contributed by atoms with Gasteiger partial charge in [0.15, 0.2) is 0 Å². The van der Waals surface area contributed by atoms with Gasteiger partial charge in [0.25, 0.3) is 5.91 Å². The second-order valence-electron chi connectivity index (χ2n) is 10.00. The second-order valence-corrected chi connectivity index (χ2v) is 10.00. The van der Waals surface area contributed by atoms with Gasteiger partial charge in [-0.2, -0.15) is 5.10 Å². The van der Waals surface area contributed by atoms with Crippen LogP contribution in [-0.2, 0) is 16.8 Å². The molecule has 2 heterocycles. The Kier molecular flexibility index (Phi) is 5.40. The Morgan fingerprint density at radius 3 is 2.52 bits per heavy atom. The van der Waals surface area contributed by atoms with E-state index in [4.69, 9.17) is 0 Å². The maximum absolute atomic E-state index is 14.8. The van der Waals surface area contributed by atoms with Crippen molar-refractivity contribution in [3.63, 3.8) is 0 Å². The van der Waals surface area contributed by atoms with Crippen LogP contribution in [0.4, 0.5) is 10.1 Å². The maximum Gasteiger partial charge on any atom is 0.277 e. The van der Waals surface area contributed by atoms with Crippen LogP contribution >= 0.6 is 0 Å². The molecular weight excluding hydrogens is 395 g/mol. The molecule has 0 saturated heterocycles. The summed E-state index contributed by atoms with van der Waals surface area (Å²) in [5.41, 5.74) is -0.310. The van der Waals surface area contributed by atoms with E-state index >= 15 is 0 Å². The molecule has 2 aromatic rings. The van der Waals surface area contributed by atoms with Crippen LogP contribution in [0.1, 0.15) is 76.0 Å². The first kappa shape index (κ1) is 21.5. The Labute approximate surface area is 182 Å². The van der Waals surface area contributed by atoms with Gasteiger partial charge in [-0.1, -0.05) is 52.2 Å². The number of aromatic nitrogens is 2. The Balaban J connectivity index is 1.78. The molecule has 4 rings (SSSR count). The molecule has 1 aliphatic heterocycles. The van der Waals surface area contributed by atoms with Crippen LogP contribution in [-0.4, -0.2) is 33.2 Å². The standard InChI is InChI=1S/C24H31FN4O2/c1-23(2,3)20-14-19-21(30)29(18-13-9-8-12-17(18)25)24(4,15-28(19)27-20)22(31)26-16-10-6-5-7-11-16/h8-9,12-14,16H,5-7,10-11,15H2,1-4H3,(H,26,31). The van der Waals surface area contributed by atoms with Gasteiger partial charge in [-0.05, 0) is 38.0 Å². The third-order valence-electron chi connectivity index (χ3n) is 6.44. The molecule has 1 aliphatic carbocycles. The number of anilines is 1. The Bertz CT molecular complexity index is 1000. The zero-order valence-electron chi connectivity index (χ0n) is 18.7. The molecule has 166 valence electrons. The lowest BCUT2D eigenvalue weighted by Gasteiger charge is -2.44. The predicted octanol–water partition coefficient (Wildman–Crippen LogP) is 4.19. The first-order valence-corrected chi connectivity index (χ1v) is 11.1. The number of amides is 2. The van der Waals surface area contributed by atoms with Crippen molar-refractivity contribution in [1.82, 2.24) is 15.1 Å². The number of para-hydroxylation sites is 1. The lowest BCUT2D eigenvalue weighted by Crippen LogP contribution is -2.65. The van der Waals surface area contributed by atoms with E-state index < -0.39 is 17.3 Å². The SMILES string of the molecule is CC(C)(C)c1cc2n(n1)CC(C)(C(=O)NC1CCCCC1)N(c1ccccc1F)C2=O. The average molecular weight is 427 g/mol. The number of nitrogens with one attached hydrogen (secondary N) is 1. The second kappa shape index (κ2) is 7.77. The first-order valence-electron chi connectivity index (χ1n) is 11.1. The van der Waals surface area contributed by atoms with Gasteiger partial charge in [0.1, 0.15) is 17.1 Å². The minimum Gasteiger partial charge on any atom is -0.351 e. The summed E-state index contributed by atoms with van der Waals surface area (Å²) < 4.78 is 16.4. The van der Waals surface area contributed by atoms with Crippen molar-refractivity contribution in [2.45, 2.75) is 83.3 Å². The van der Waals surface area contributed by atoms with Crippen LogP contribution in [0.25, 0.3) is 0 Å². The van der Waals surface area contributed by atoms with Crippen LogP contribution in [0, 0.1) is 5.82 Å². The number of carbonyl (C=O) groups excluding carboxylic acids is 2. The lowest BCUT2D eigenvalue weighted by molar-refractivity contribution is -0.127. The largest absolute Gasteiger partial charge is 0.351 e. The molecule has 1 aromatic carbocycles. The Morgan fingerprint density at radius 1 is 1.19 bits per heavy atom. The highest BCUT2D eigenvalue weighted by atomic mass is 19.1. The molecule has 1 fully saturated rings. The maximum atomic E-state index is 14.8. The van der Waals surface area contributed by atoms with Crippen molar-refractivity contribution in [2.75, 3.05) is 4.90 Å². The summed E-state index contributed by atoms with van der Waals surface area (Å²) in [4.78, 5) is 28.5. The number of fused-ring (bicyclic) bond motifs is 1. The van der Waals surface area contributed by atoms with E-state index in [1.165, 1.54) is 17.4 Å². The highest BCUT2D eigenvalue weighted by Gasteiger charge is 2.50. The highest BCUT2D eigenvalue weighted by molar-refractivity contribution is 6.11. The van der Waals surface area contributed by atoms with Gasteiger partial charge in [0.2, 0.25) is 5.91 Å². The number of carbonyl (C=O) groups is 2. The van der Waals surface area contributed by atoms with Crippen LogP contribution < -0.4 is 10.2 Å². The fraction of sp³-hybridized carbons (Fsp3) is 0.542. The molecule has 1 aromatic heterocycles. The molecule has 6 nitrogen and oxygen atoms in total. The van der Waals surface area contributed by atoms with E-state index in [1.807, 2.05) is 20.8 Å². The van der Waals surface area contributed by atoms with Crippen molar-refractivity contribution < 1.29 is 14.0 Å². The van der Waals surface area contributed by atoms with Gasteiger partial charge >= 0.3 is 0 Å². The van der Waals surface area contributed by atoms with E-state index in [0.717, 1.165) is 31.4 Å². The Hall–Kier alpha value is -2.70. The molecule has 1 N–H and O–H groups in total. The van der Waals surface area contributed by atoms with E-state index in [-0.39, 0.29) is 29.6 Å². The van der Waals surface area contributed by atoms with E-state index in [0.29, 0.717) is 5.69 Å². The summed E-state index contributed by atoms with van der Waals surface area (Å²) in [7, 11) is 0. The predicted molar refractivity (Wildman–Crippen MR) is 118 cm³/mol. The molecular formula is C24H31FN4O2. The average Bonchev–Trinajstić information content (AvgIpc) is 3.15. The monoisotopic (exact) mass is 426 g/mol. The van der Waals surface area contributed by atoms with Gasteiger partial charge in [-0.3, -0.25) is 19.2 Å². The Morgan fingerprint density at radius 2 is 1.87 bits per heavy atom. The molecule has 0 bridgehead atoms. The minimum absolute atomic E-state index is 0.0831. The molecule has 0 spiro atoms. The van der Waals surface area contributed by atoms with Crippen molar-refractivity contribution in [2.24, 2.45) is 0 Å². The van der Waals surface area contributed by atoms with Crippen LogP contribution in [0.2, 0.25) is 0 Å². The molecule has 0 radical (unpaired) electrons. The molecule has 1 saturated carbocycles. The molecule has 1 atom stereocenters. The van der Waals surface area contributed by atoms with Crippen LogP contribution in [0.3, 0.4) is 0 Å². The summed E-state index contributed by atoms with van der Waals surface area (Å²) in [5, 5.41) is 7.78. The van der Waals surface area contributed by atoms with Gasteiger partial charge in [-0.15, -0.1) is 0 Å². The number of halogens is 1. The van der Waals surface area contributed by atoms with Gasteiger partial charge in [0.05, 0.1) is 17.9 Å². The molecule has 7 heteroatoms. The third kappa shape index (κ3) is 3.86. The number of benzene rings is 1. The summed E-state index contributed by atoms with van der Waals surface area (Å²) >= 11 is 0. The van der Waals surface area contributed by atoms with E-state index in [2.05, 4.69) is 10.4 Å². The summed E-state index contributed by atoms with van der Waals surface area (Å²) in [6.07, 6.45) is 5.19. The van der Waals surface area contributed by atoms with Crippen LogP contribution in [0.5, 0.6) is 0 Å². The fourth-order valence-electron chi connectivity index (χ4n) is 4.55. The van der Waals surface area contributed by atoms with Crippen molar-refractivity contribution >= 4 is 17.5 Å². The number of nitrogens with zero attached hydrogens (tertiary/aromatic N) is 3. The zero-order valence-corrected chi connectivity index (χ0v) is 18.7. The molecule has 2 amide bonds. The van der Waals surface area contributed by atoms with Crippen molar-refractivity contribution in [3.05, 3.63) is 47.5 Å². The topological polar surface area (TPSA) is 67.2 Å². The minimum atomic E-state index is -1.30. The van der Waals surface area contributed by atoms with E-state index in [9.17, 15) is 14.0 Å². The van der Waals surface area contributed by atoms with Gasteiger partial charge in [-0.25, -0.2) is 4.39 Å².